The Balaban J connectivity index is 1.65. The van der Waals surface area contributed by atoms with Crippen LogP contribution in [0.4, 0.5) is 4.79 Å². The maximum absolute atomic E-state index is 13.2. The third-order valence-electron chi connectivity index (χ3n) is 5.60. The number of methoxy groups -OCH3 is 1. The predicted molar refractivity (Wildman–Crippen MR) is 141 cm³/mol. The van der Waals surface area contributed by atoms with Crippen molar-refractivity contribution in [2.24, 2.45) is 5.41 Å². The summed E-state index contributed by atoms with van der Waals surface area (Å²) < 4.78 is 17.0. The van der Waals surface area contributed by atoms with Crippen LogP contribution in [0, 0.1) is 17.7 Å². The summed E-state index contributed by atoms with van der Waals surface area (Å²) in [5, 5.41) is 14.7. The van der Waals surface area contributed by atoms with E-state index < -0.39 is 24.3 Å². The van der Waals surface area contributed by atoms with Crippen molar-refractivity contribution in [3.8, 4) is 11.4 Å². The molecule has 1 heterocycles. The summed E-state index contributed by atoms with van der Waals surface area (Å²) in [6.45, 7) is 6.14. The molecule has 3 aromatic rings. The highest BCUT2D eigenvalue weighted by atomic mass is 16.7. The van der Waals surface area contributed by atoms with Crippen LogP contribution in [0.1, 0.15) is 44.1 Å². The minimum atomic E-state index is -0.951. The molecule has 12 heteroatoms. The van der Waals surface area contributed by atoms with Crippen LogP contribution in [-0.2, 0) is 30.2 Å². The van der Waals surface area contributed by atoms with Crippen LogP contribution >= 0.6 is 0 Å². The number of nitrogens with one attached hydrogen (secondary N) is 2. The number of rotatable bonds is 8. The molecule has 12 nitrogen and oxygen atoms in total. The van der Waals surface area contributed by atoms with Gasteiger partial charge in [0.1, 0.15) is 11.7 Å². The highest BCUT2D eigenvalue weighted by molar-refractivity contribution is 6.04. The number of alkyl carbamates (subject to hydrolysis) is 1. The lowest BCUT2D eigenvalue weighted by atomic mass is 9.98. The molecule has 0 unspecified atom stereocenters. The van der Waals surface area contributed by atoms with Crippen molar-refractivity contribution in [2.75, 3.05) is 13.9 Å². The molecule has 3 rings (SSSR count). The van der Waals surface area contributed by atoms with Gasteiger partial charge in [0.05, 0.1) is 23.9 Å². The van der Waals surface area contributed by atoms with Gasteiger partial charge in [-0.1, -0.05) is 12.1 Å². The molecule has 0 aliphatic carbocycles. The minimum Gasteiger partial charge on any atom is -0.469 e. The van der Waals surface area contributed by atoms with E-state index in [4.69, 9.17) is 14.9 Å². The SMILES string of the molecule is COC(=O)CCc1ccc(-n2c(C)nn(-c3ccc(C(=N)NC(=O)OCOC(=O)C(C)(C)C)cc3)c2=O)cc1. The maximum atomic E-state index is 13.2. The number of hydrogen-bond acceptors (Lipinski definition) is 9. The molecule has 0 bridgehead atoms. The first-order valence-corrected chi connectivity index (χ1v) is 12.1. The molecule has 0 aliphatic heterocycles. The summed E-state index contributed by atoms with van der Waals surface area (Å²) in [5.74, 6) is -0.588. The van der Waals surface area contributed by atoms with Gasteiger partial charge in [0.15, 0.2) is 0 Å². The minimum absolute atomic E-state index is 0.241. The molecule has 0 saturated carbocycles. The third kappa shape index (κ3) is 7.40. The number of carbonyl (C=O) groups excluding carboxylic acids is 3. The molecule has 0 atom stereocenters. The third-order valence-corrected chi connectivity index (χ3v) is 5.60. The summed E-state index contributed by atoms with van der Waals surface area (Å²) in [4.78, 5) is 48.2. The second-order valence-corrected chi connectivity index (χ2v) is 9.60. The van der Waals surface area contributed by atoms with Crippen LogP contribution in [0.25, 0.3) is 11.4 Å². The van der Waals surface area contributed by atoms with Crippen LogP contribution in [0.3, 0.4) is 0 Å². The first kappa shape index (κ1) is 28.8. The van der Waals surface area contributed by atoms with E-state index in [0.717, 1.165) is 5.56 Å². The van der Waals surface area contributed by atoms with Gasteiger partial charge in [0.25, 0.3) is 0 Å². The maximum Gasteiger partial charge on any atom is 0.415 e. The fraction of sp³-hybridized carbons (Fsp3) is 0.333. The lowest BCUT2D eigenvalue weighted by molar-refractivity contribution is -0.161. The summed E-state index contributed by atoms with van der Waals surface area (Å²) in [6, 6.07) is 13.5. The van der Waals surface area contributed by atoms with Crippen LogP contribution in [0.2, 0.25) is 0 Å². The standard InChI is InChI=1S/C27H31N5O7/c1-17-30-32(26(36)31(17)20-11-6-18(7-12-20)8-15-22(33)37-5)21-13-9-19(10-14-21)23(28)29-25(35)39-16-38-24(34)27(2,3)4/h6-7,9-14H,8,15-16H2,1-5H3,(H2,28,29,35). The van der Waals surface area contributed by atoms with Crippen molar-refractivity contribution >= 4 is 23.9 Å². The van der Waals surface area contributed by atoms with Gasteiger partial charge in [0, 0.05) is 12.0 Å². The predicted octanol–water partition coefficient (Wildman–Crippen LogP) is 3.04. The monoisotopic (exact) mass is 537 g/mol. The number of aromatic nitrogens is 3. The van der Waals surface area contributed by atoms with Crippen LogP contribution in [0.5, 0.6) is 0 Å². The zero-order chi connectivity index (χ0) is 28.7. The Bertz CT molecular complexity index is 1410. The Morgan fingerprint density at radius 1 is 0.974 bits per heavy atom. The molecule has 2 N–H and O–H groups in total. The van der Waals surface area contributed by atoms with Gasteiger partial charge >= 0.3 is 23.7 Å². The van der Waals surface area contributed by atoms with E-state index in [1.807, 2.05) is 12.1 Å². The van der Waals surface area contributed by atoms with Gasteiger partial charge in [-0.05, 0) is 76.1 Å². The largest absolute Gasteiger partial charge is 0.469 e. The van der Waals surface area contributed by atoms with Gasteiger partial charge in [-0.2, -0.15) is 4.68 Å². The number of nitrogens with zero attached hydrogens (tertiary/aromatic N) is 3. The molecule has 0 saturated heterocycles. The average Bonchev–Trinajstić information content (AvgIpc) is 3.20. The average molecular weight is 538 g/mol. The van der Waals surface area contributed by atoms with Gasteiger partial charge in [-0.15, -0.1) is 5.10 Å². The van der Waals surface area contributed by atoms with Crippen molar-refractivity contribution in [1.82, 2.24) is 19.7 Å². The summed E-state index contributed by atoms with van der Waals surface area (Å²) >= 11 is 0. The van der Waals surface area contributed by atoms with Crippen molar-refractivity contribution in [3.63, 3.8) is 0 Å². The molecule has 206 valence electrons. The number of carbonyl (C=O) groups is 3. The first-order chi connectivity index (χ1) is 18.4. The Morgan fingerprint density at radius 2 is 1.59 bits per heavy atom. The molecule has 1 aromatic heterocycles. The van der Waals surface area contributed by atoms with Crippen LogP contribution in [0.15, 0.2) is 53.3 Å². The Kier molecular flexibility index (Phi) is 9.02. The quantitative estimate of drug-likeness (QED) is 0.192. The molecule has 0 spiro atoms. The second-order valence-electron chi connectivity index (χ2n) is 9.60. The van der Waals surface area contributed by atoms with E-state index in [-0.39, 0.29) is 23.9 Å². The lowest BCUT2D eigenvalue weighted by Gasteiger charge is -2.16. The fourth-order valence-electron chi connectivity index (χ4n) is 3.42. The first-order valence-electron chi connectivity index (χ1n) is 12.1. The molecular weight excluding hydrogens is 506 g/mol. The van der Waals surface area contributed by atoms with Gasteiger partial charge < -0.3 is 14.2 Å². The molecular formula is C27H31N5O7. The van der Waals surface area contributed by atoms with Crippen molar-refractivity contribution in [3.05, 3.63) is 76.0 Å². The second kappa shape index (κ2) is 12.2. The van der Waals surface area contributed by atoms with Gasteiger partial charge in [0.2, 0.25) is 6.79 Å². The number of esters is 2. The fourth-order valence-corrected chi connectivity index (χ4v) is 3.42. The molecule has 0 radical (unpaired) electrons. The molecule has 0 fully saturated rings. The van der Waals surface area contributed by atoms with Crippen LogP contribution in [-0.4, -0.2) is 52.1 Å². The molecule has 2 aromatic carbocycles. The van der Waals surface area contributed by atoms with E-state index in [0.29, 0.717) is 29.2 Å². The van der Waals surface area contributed by atoms with Crippen molar-refractivity contribution in [1.29, 1.82) is 5.41 Å². The topological polar surface area (TPSA) is 155 Å². The Hall–Kier alpha value is -4.74. The van der Waals surface area contributed by atoms with E-state index in [1.165, 1.54) is 16.4 Å². The van der Waals surface area contributed by atoms with Crippen LogP contribution < -0.4 is 11.0 Å². The van der Waals surface area contributed by atoms with E-state index in [1.54, 1.807) is 64.1 Å². The number of amidine groups is 1. The normalized spacial score (nSPS) is 11.0. The van der Waals surface area contributed by atoms with E-state index in [2.05, 4.69) is 15.2 Å². The smallest absolute Gasteiger partial charge is 0.415 e. The number of benzene rings is 2. The number of aryl methyl sites for hydroxylation is 2. The number of hydrogen-bond donors (Lipinski definition) is 2. The van der Waals surface area contributed by atoms with E-state index in [9.17, 15) is 19.2 Å². The highest BCUT2D eigenvalue weighted by Gasteiger charge is 2.23. The Morgan fingerprint density at radius 3 is 2.18 bits per heavy atom. The summed E-state index contributed by atoms with van der Waals surface area (Å²) in [5.41, 5.74) is 1.26. The molecule has 1 amide bonds. The summed E-state index contributed by atoms with van der Waals surface area (Å²) in [7, 11) is 1.35. The highest BCUT2D eigenvalue weighted by Crippen LogP contribution is 2.15. The summed E-state index contributed by atoms with van der Waals surface area (Å²) in [6.07, 6.45) is -0.157. The number of ether oxygens (including phenoxy) is 3. The zero-order valence-corrected chi connectivity index (χ0v) is 22.4. The van der Waals surface area contributed by atoms with Crippen molar-refractivity contribution in [2.45, 2.75) is 40.5 Å². The zero-order valence-electron chi connectivity index (χ0n) is 22.4. The number of amides is 1. The molecule has 39 heavy (non-hydrogen) atoms. The molecule has 0 aliphatic rings. The lowest BCUT2D eigenvalue weighted by Crippen LogP contribution is -2.33. The van der Waals surface area contributed by atoms with Crippen molar-refractivity contribution < 1.29 is 28.6 Å². The van der Waals surface area contributed by atoms with Gasteiger partial charge in [-0.3, -0.25) is 20.3 Å². The van der Waals surface area contributed by atoms with Gasteiger partial charge in [-0.25, -0.2) is 14.2 Å². The Labute approximate surface area is 225 Å². The van der Waals surface area contributed by atoms with E-state index >= 15 is 0 Å².